The van der Waals surface area contributed by atoms with Gasteiger partial charge in [0.1, 0.15) is 17.0 Å². The fraction of sp³-hybridized carbons (Fsp3) is 0.462. The van der Waals surface area contributed by atoms with E-state index in [0.29, 0.717) is 16.7 Å². The van der Waals surface area contributed by atoms with Crippen molar-refractivity contribution in [3.63, 3.8) is 0 Å². The normalized spacial score (nSPS) is 12.6. The fourth-order valence-corrected chi connectivity index (χ4v) is 1.90. The van der Waals surface area contributed by atoms with Crippen LogP contribution in [0.3, 0.4) is 0 Å². The summed E-state index contributed by atoms with van der Waals surface area (Å²) < 4.78 is 7.11. The van der Waals surface area contributed by atoms with Crippen molar-refractivity contribution >= 4 is 11.6 Å². The first-order valence-corrected chi connectivity index (χ1v) is 6.63. The van der Waals surface area contributed by atoms with Crippen LogP contribution in [0, 0.1) is 0 Å². The van der Waals surface area contributed by atoms with Crippen LogP contribution in [-0.2, 0) is 11.3 Å². The van der Waals surface area contributed by atoms with E-state index in [0.717, 1.165) is 18.7 Å². The SMILES string of the molecule is CCCn1ccc(-c2cc(Cl)nc(C(C)OC)n2)n1. The number of halogens is 1. The van der Waals surface area contributed by atoms with E-state index in [9.17, 15) is 0 Å². The Kier molecular flexibility index (Phi) is 4.50. The van der Waals surface area contributed by atoms with E-state index >= 15 is 0 Å². The van der Waals surface area contributed by atoms with Gasteiger partial charge in [-0.25, -0.2) is 9.97 Å². The summed E-state index contributed by atoms with van der Waals surface area (Å²) >= 11 is 6.03. The van der Waals surface area contributed by atoms with E-state index in [2.05, 4.69) is 22.0 Å². The van der Waals surface area contributed by atoms with Crippen molar-refractivity contribution < 1.29 is 4.74 Å². The molecule has 0 saturated heterocycles. The number of rotatable bonds is 5. The van der Waals surface area contributed by atoms with Crippen LogP contribution in [0.15, 0.2) is 18.3 Å². The second-order valence-corrected chi connectivity index (χ2v) is 4.66. The predicted molar refractivity (Wildman–Crippen MR) is 74.0 cm³/mol. The molecule has 1 atom stereocenters. The molecule has 0 aromatic carbocycles. The van der Waals surface area contributed by atoms with Crippen LogP contribution in [0.25, 0.3) is 11.4 Å². The third-order valence-electron chi connectivity index (χ3n) is 2.79. The van der Waals surface area contributed by atoms with E-state index in [4.69, 9.17) is 16.3 Å². The number of ether oxygens (including phenoxy) is 1. The standard InChI is InChI=1S/C13H17ClN4O/c1-4-6-18-7-5-10(17-18)11-8-12(14)16-13(15-11)9(2)19-3/h5,7-9H,4,6H2,1-3H3. The predicted octanol–water partition coefficient (Wildman–Crippen LogP) is 3.11. The minimum Gasteiger partial charge on any atom is -0.374 e. The lowest BCUT2D eigenvalue weighted by Crippen LogP contribution is -2.04. The number of methoxy groups -OCH3 is 1. The zero-order valence-electron chi connectivity index (χ0n) is 11.3. The molecule has 19 heavy (non-hydrogen) atoms. The van der Waals surface area contributed by atoms with Crippen LogP contribution in [0.5, 0.6) is 0 Å². The maximum Gasteiger partial charge on any atom is 0.159 e. The van der Waals surface area contributed by atoms with Gasteiger partial charge in [-0.05, 0) is 19.4 Å². The summed E-state index contributed by atoms with van der Waals surface area (Å²) in [6, 6.07) is 3.64. The minimum absolute atomic E-state index is 0.199. The molecule has 0 saturated carbocycles. The number of aryl methyl sites for hydroxylation is 1. The van der Waals surface area contributed by atoms with Gasteiger partial charge in [0, 0.05) is 25.9 Å². The van der Waals surface area contributed by atoms with Crippen molar-refractivity contribution in [2.75, 3.05) is 7.11 Å². The van der Waals surface area contributed by atoms with Gasteiger partial charge in [-0.2, -0.15) is 5.10 Å². The first-order valence-electron chi connectivity index (χ1n) is 6.25. The third-order valence-corrected chi connectivity index (χ3v) is 2.98. The Morgan fingerprint density at radius 3 is 2.84 bits per heavy atom. The largest absolute Gasteiger partial charge is 0.374 e. The molecule has 0 aliphatic heterocycles. The zero-order chi connectivity index (χ0) is 13.8. The molecule has 6 heteroatoms. The molecule has 0 bridgehead atoms. The Bertz CT molecular complexity index is 555. The lowest BCUT2D eigenvalue weighted by Gasteiger charge is -2.09. The maximum atomic E-state index is 6.03. The van der Waals surface area contributed by atoms with E-state index in [-0.39, 0.29) is 6.10 Å². The summed E-state index contributed by atoms with van der Waals surface area (Å²) in [5.41, 5.74) is 1.51. The molecular formula is C13H17ClN4O. The number of hydrogen-bond donors (Lipinski definition) is 0. The molecule has 2 heterocycles. The summed E-state index contributed by atoms with van der Waals surface area (Å²) in [5, 5.41) is 4.86. The molecule has 0 aliphatic rings. The van der Waals surface area contributed by atoms with Gasteiger partial charge < -0.3 is 4.74 Å². The molecule has 0 spiro atoms. The highest BCUT2D eigenvalue weighted by Gasteiger charge is 2.12. The van der Waals surface area contributed by atoms with Crippen molar-refractivity contribution in [2.24, 2.45) is 0 Å². The van der Waals surface area contributed by atoms with Crippen molar-refractivity contribution in [3.05, 3.63) is 29.3 Å². The van der Waals surface area contributed by atoms with Crippen LogP contribution in [0.4, 0.5) is 0 Å². The summed E-state index contributed by atoms with van der Waals surface area (Å²) in [5.74, 6) is 0.565. The second-order valence-electron chi connectivity index (χ2n) is 4.28. The lowest BCUT2D eigenvalue weighted by atomic mass is 10.3. The molecule has 1 unspecified atom stereocenters. The highest BCUT2D eigenvalue weighted by atomic mass is 35.5. The first kappa shape index (κ1) is 14.0. The smallest absolute Gasteiger partial charge is 0.159 e. The maximum absolute atomic E-state index is 6.03. The summed E-state index contributed by atoms with van der Waals surface area (Å²) in [7, 11) is 1.62. The molecule has 2 aromatic rings. The Morgan fingerprint density at radius 1 is 1.37 bits per heavy atom. The van der Waals surface area contributed by atoms with Crippen molar-refractivity contribution in [2.45, 2.75) is 32.9 Å². The van der Waals surface area contributed by atoms with Gasteiger partial charge in [-0.15, -0.1) is 0 Å². The van der Waals surface area contributed by atoms with Crippen LogP contribution in [-0.4, -0.2) is 26.9 Å². The van der Waals surface area contributed by atoms with Gasteiger partial charge in [-0.3, -0.25) is 4.68 Å². The van der Waals surface area contributed by atoms with Crippen LogP contribution in [0.2, 0.25) is 5.15 Å². The Hall–Kier alpha value is -1.46. The summed E-state index contributed by atoms with van der Waals surface area (Å²) in [6.45, 7) is 4.88. The van der Waals surface area contributed by atoms with Crippen LogP contribution < -0.4 is 0 Å². The number of nitrogens with zero attached hydrogens (tertiary/aromatic N) is 4. The third kappa shape index (κ3) is 3.30. The van der Waals surface area contributed by atoms with Gasteiger partial charge in [0.15, 0.2) is 5.82 Å². The second kappa shape index (κ2) is 6.12. The highest BCUT2D eigenvalue weighted by molar-refractivity contribution is 6.29. The van der Waals surface area contributed by atoms with Crippen molar-refractivity contribution in [3.8, 4) is 11.4 Å². The first-order chi connectivity index (χ1) is 9.13. The van der Waals surface area contributed by atoms with Gasteiger partial charge in [0.05, 0.1) is 5.69 Å². The Morgan fingerprint density at radius 2 is 2.16 bits per heavy atom. The fourth-order valence-electron chi connectivity index (χ4n) is 1.71. The van der Waals surface area contributed by atoms with Gasteiger partial charge in [-0.1, -0.05) is 18.5 Å². The molecule has 0 fully saturated rings. The van der Waals surface area contributed by atoms with Crippen molar-refractivity contribution in [1.82, 2.24) is 19.7 Å². The molecule has 0 aliphatic carbocycles. The van der Waals surface area contributed by atoms with Gasteiger partial charge in [0.25, 0.3) is 0 Å². The number of aromatic nitrogens is 4. The Balaban J connectivity index is 2.35. The molecule has 102 valence electrons. The van der Waals surface area contributed by atoms with Crippen LogP contribution >= 0.6 is 11.6 Å². The van der Waals surface area contributed by atoms with E-state index in [1.807, 2.05) is 23.9 Å². The van der Waals surface area contributed by atoms with Crippen LogP contribution in [0.1, 0.15) is 32.2 Å². The molecule has 0 radical (unpaired) electrons. The topological polar surface area (TPSA) is 52.8 Å². The minimum atomic E-state index is -0.199. The van der Waals surface area contributed by atoms with Gasteiger partial charge >= 0.3 is 0 Å². The lowest BCUT2D eigenvalue weighted by molar-refractivity contribution is 0.112. The van der Waals surface area contributed by atoms with E-state index in [1.165, 1.54) is 0 Å². The van der Waals surface area contributed by atoms with Gasteiger partial charge in [0.2, 0.25) is 0 Å². The highest BCUT2D eigenvalue weighted by Crippen LogP contribution is 2.21. The molecule has 0 N–H and O–H groups in total. The molecule has 5 nitrogen and oxygen atoms in total. The molecule has 2 aromatic heterocycles. The Labute approximate surface area is 117 Å². The average molecular weight is 281 g/mol. The monoisotopic (exact) mass is 280 g/mol. The van der Waals surface area contributed by atoms with Crippen molar-refractivity contribution in [1.29, 1.82) is 0 Å². The average Bonchev–Trinajstić information content (AvgIpc) is 2.86. The summed E-state index contributed by atoms with van der Waals surface area (Å²) in [4.78, 5) is 8.62. The molecule has 2 rings (SSSR count). The molecular weight excluding hydrogens is 264 g/mol. The molecule has 0 amide bonds. The number of hydrogen-bond acceptors (Lipinski definition) is 4. The summed E-state index contributed by atoms with van der Waals surface area (Å²) in [6.07, 6.45) is 2.78. The zero-order valence-corrected chi connectivity index (χ0v) is 12.1. The quantitative estimate of drug-likeness (QED) is 0.790. The van der Waals surface area contributed by atoms with E-state index < -0.39 is 0 Å². The van der Waals surface area contributed by atoms with E-state index in [1.54, 1.807) is 13.2 Å².